The van der Waals surface area contributed by atoms with Gasteiger partial charge in [0.2, 0.25) is 0 Å². The average Bonchev–Trinajstić information content (AvgIpc) is 2.14. The molecule has 0 saturated heterocycles. The summed E-state index contributed by atoms with van der Waals surface area (Å²) in [5.41, 5.74) is 0. The number of hydrogen-bond acceptors (Lipinski definition) is 4. The molecule has 0 aliphatic rings. The molecule has 1 atom stereocenters. The van der Waals surface area contributed by atoms with E-state index in [-0.39, 0.29) is 19.6 Å². The molecule has 3 N–H and O–H groups in total. The summed E-state index contributed by atoms with van der Waals surface area (Å²) >= 11 is 0. The van der Waals surface area contributed by atoms with E-state index >= 15 is 0 Å². The van der Waals surface area contributed by atoms with Crippen molar-refractivity contribution in [3.63, 3.8) is 0 Å². The fourth-order valence-corrected chi connectivity index (χ4v) is 0.620. The lowest BCUT2D eigenvalue weighted by molar-refractivity contribution is -0.146. The SMILES string of the molecule is C=CCOC(=O)NCC[C@H](O)C(=O)O. The van der Waals surface area contributed by atoms with Crippen LogP contribution in [0.25, 0.3) is 0 Å². The average molecular weight is 203 g/mol. The first-order valence-electron chi connectivity index (χ1n) is 4.00. The number of ether oxygens (including phenoxy) is 1. The Hall–Kier alpha value is -1.56. The number of aliphatic hydroxyl groups excluding tert-OH is 1. The van der Waals surface area contributed by atoms with E-state index < -0.39 is 18.2 Å². The highest BCUT2D eigenvalue weighted by Crippen LogP contribution is 1.89. The molecule has 0 aliphatic heterocycles. The van der Waals surface area contributed by atoms with E-state index in [1.807, 2.05) is 0 Å². The Morgan fingerprint density at radius 3 is 2.71 bits per heavy atom. The third-order valence-corrected chi connectivity index (χ3v) is 1.30. The lowest BCUT2D eigenvalue weighted by Gasteiger charge is -2.06. The van der Waals surface area contributed by atoms with Gasteiger partial charge in [-0.3, -0.25) is 0 Å². The van der Waals surface area contributed by atoms with Crippen LogP contribution < -0.4 is 5.32 Å². The summed E-state index contributed by atoms with van der Waals surface area (Å²) in [5.74, 6) is -1.31. The monoisotopic (exact) mass is 203 g/mol. The van der Waals surface area contributed by atoms with Gasteiger partial charge in [-0.15, -0.1) is 0 Å². The summed E-state index contributed by atoms with van der Waals surface area (Å²) in [7, 11) is 0. The topological polar surface area (TPSA) is 95.9 Å². The maximum absolute atomic E-state index is 10.7. The number of rotatable bonds is 6. The van der Waals surface area contributed by atoms with Crippen molar-refractivity contribution in [1.29, 1.82) is 0 Å². The van der Waals surface area contributed by atoms with Crippen LogP contribution in [0, 0.1) is 0 Å². The van der Waals surface area contributed by atoms with Crippen molar-refractivity contribution in [1.82, 2.24) is 5.32 Å². The molecule has 0 aromatic rings. The molecule has 0 heterocycles. The molecule has 1 amide bonds. The zero-order chi connectivity index (χ0) is 11.0. The van der Waals surface area contributed by atoms with Gasteiger partial charge in [0, 0.05) is 13.0 Å². The van der Waals surface area contributed by atoms with Crippen molar-refractivity contribution in [3.8, 4) is 0 Å². The molecule has 80 valence electrons. The van der Waals surface area contributed by atoms with Crippen LogP contribution in [-0.4, -0.2) is 41.5 Å². The number of carboxylic acids is 1. The van der Waals surface area contributed by atoms with Gasteiger partial charge in [0.25, 0.3) is 0 Å². The third kappa shape index (κ3) is 6.01. The molecule has 6 heteroatoms. The van der Waals surface area contributed by atoms with Crippen molar-refractivity contribution < 1.29 is 24.5 Å². The Bertz CT molecular complexity index is 216. The van der Waals surface area contributed by atoms with Crippen molar-refractivity contribution in [3.05, 3.63) is 12.7 Å². The standard InChI is InChI=1S/C8H13NO5/c1-2-5-14-8(13)9-4-3-6(10)7(11)12/h2,6,10H,1,3-5H2,(H,9,13)(H,11,12)/t6-/m0/s1. The van der Waals surface area contributed by atoms with Crippen molar-refractivity contribution >= 4 is 12.1 Å². The lowest BCUT2D eigenvalue weighted by Crippen LogP contribution is -2.30. The van der Waals surface area contributed by atoms with E-state index in [9.17, 15) is 9.59 Å². The lowest BCUT2D eigenvalue weighted by atomic mass is 10.2. The summed E-state index contributed by atoms with van der Waals surface area (Å²) in [4.78, 5) is 20.9. The summed E-state index contributed by atoms with van der Waals surface area (Å²) in [6.45, 7) is 3.48. The summed E-state index contributed by atoms with van der Waals surface area (Å²) in [6, 6.07) is 0. The molecule has 0 saturated carbocycles. The summed E-state index contributed by atoms with van der Waals surface area (Å²) < 4.78 is 4.54. The zero-order valence-corrected chi connectivity index (χ0v) is 7.60. The second-order valence-corrected chi connectivity index (χ2v) is 2.46. The fourth-order valence-electron chi connectivity index (χ4n) is 0.620. The number of hydrogen-bond donors (Lipinski definition) is 3. The highest BCUT2D eigenvalue weighted by atomic mass is 16.5. The number of amides is 1. The van der Waals surface area contributed by atoms with Crippen LogP contribution in [0.15, 0.2) is 12.7 Å². The first kappa shape index (κ1) is 12.4. The fraction of sp³-hybridized carbons (Fsp3) is 0.500. The van der Waals surface area contributed by atoms with Crippen LogP contribution in [0.5, 0.6) is 0 Å². The van der Waals surface area contributed by atoms with E-state index in [0.29, 0.717) is 0 Å². The van der Waals surface area contributed by atoms with Gasteiger partial charge in [0.05, 0.1) is 0 Å². The Morgan fingerprint density at radius 2 is 2.21 bits per heavy atom. The van der Waals surface area contributed by atoms with Gasteiger partial charge < -0.3 is 20.3 Å². The normalized spacial score (nSPS) is 11.5. The minimum atomic E-state index is -1.46. The summed E-state index contributed by atoms with van der Waals surface area (Å²) in [5, 5.41) is 19.4. The number of carbonyl (C=O) groups is 2. The number of carboxylic acid groups (broad SMARTS) is 1. The van der Waals surface area contributed by atoms with Crippen LogP contribution in [-0.2, 0) is 9.53 Å². The van der Waals surface area contributed by atoms with Gasteiger partial charge in [0.1, 0.15) is 6.61 Å². The molecule has 14 heavy (non-hydrogen) atoms. The highest BCUT2D eigenvalue weighted by Gasteiger charge is 2.12. The van der Waals surface area contributed by atoms with Crippen LogP contribution in [0.4, 0.5) is 4.79 Å². The van der Waals surface area contributed by atoms with E-state index in [0.717, 1.165) is 0 Å². The number of alkyl carbamates (subject to hydrolysis) is 1. The number of nitrogens with one attached hydrogen (secondary N) is 1. The molecule has 0 bridgehead atoms. The quantitative estimate of drug-likeness (QED) is 0.516. The van der Waals surface area contributed by atoms with E-state index in [1.165, 1.54) is 6.08 Å². The Labute approximate surface area is 81.2 Å². The first-order valence-corrected chi connectivity index (χ1v) is 4.00. The second kappa shape index (κ2) is 6.90. The van der Waals surface area contributed by atoms with Crippen molar-refractivity contribution in [2.45, 2.75) is 12.5 Å². The molecule has 0 aliphatic carbocycles. The molecular weight excluding hydrogens is 190 g/mol. The van der Waals surface area contributed by atoms with Crippen LogP contribution >= 0.6 is 0 Å². The molecule has 0 fully saturated rings. The van der Waals surface area contributed by atoms with Crippen molar-refractivity contribution in [2.75, 3.05) is 13.2 Å². The maximum atomic E-state index is 10.7. The van der Waals surface area contributed by atoms with E-state index in [2.05, 4.69) is 16.6 Å². The Kier molecular flexibility index (Phi) is 6.13. The largest absolute Gasteiger partial charge is 0.479 e. The Morgan fingerprint density at radius 1 is 1.57 bits per heavy atom. The molecule has 0 aromatic carbocycles. The number of aliphatic hydroxyl groups is 1. The highest BCUT2D eigenvalue weighted by molar-refractivity contribution is 5.72. The minimum absolute atomic E-state index is 0.0451. The van der Waals surface area contributed by atoms with Gasteiger partial charge in [-0.25, -0.2) is 9.59 Å². The molecule has 0 rings (SSSR count). The van der Waals surface area contributed by atoms with Crippen LogP contribution in [0.1, 0.15) is 6.42 Å². The smallest absolute Gasteiger partial charge is 0.407 e. The second-order valence-electron chi connectivity index (χ2n) is 2.46. The van der Waals surface area contributed by atoms with E-state index in [4.69, 9.17) is 10.2 Å². The van der Waals surface area contributed by atoms with Gasteiger partial charge >= 0.3 is 12.1 Å². The van der Waals surface area contributed by atoms with Gasteiger partial charge in [-0.1, -0.05) is 12.7 Å². The molecule has 0 radical (unpaired) electrons. The van der Waals surface area contributed by atoms with Crippen LogP contribution in [0.2, 0.25) is 0 Å². The predicted octanol–water partition coefficient (Wildman–Crippen LogP) is -0.266. The predicted molar refractivity (Wildman–Crippen MR) is 47.8 cm³/mol. The summed E-state index contributed by atoms with van der Waals surface area (Å²) in [6.07, 6.45) is -0.776. The molecule has 6 nitrogen and oxygen atoms in total. The van der Waals surface area contributed by atoms with Gasteiger partial charge in [-0.2, -0.15) is 0 Å². The zero-order valence-electron chi connectivity index (χ0n) is 7.60. The first-order chi connectivity index (χ1) is 6.57. The Balaban J connectivity index is 3.48. The molecule has 0 aromatic heterocycles. The van der Waals surface area contributed by atoms with E-state index in [1.54, 1.807) is 0 Å². The molecule has 0 unspecified atom stereocenters. The minimum Gasteiger partial charge on any atom is -0.479 e. The maximum Gasteiger partial charge on any atom is 0.407 e. The van der Waals surface area contributed by atoms with Gasteiger partial charge in [-0.05, 0) is 0 Å². The number of carbonyl (C=O) groups excluding carboxylic acids is 1. The van der Waals surface area contributed by atoms with Gasteiger partial charge in [0.15, 0.2) is 6.10 Å². The molecule has 0 spiro atoms. The molecular formula is C8H13NO5. The van der Waals surface area contributed by atoms with Crippen molar-refractivity contribution in [2.24, 2.45) is 0 Å². The number of aliphatic carboxylic acids is 1. The van der Waals surface area contributed by atoms with Crippen LogP contribution in [0.3, 0.4) is 0 Å². The third-order valence-electron chi connectivity index (χ3n) is 1.30.